The van der Waals surface area contributed by atoms with Crippen molar-refractivity contribution < 1.29 is 9.32 Å². The molecule has 0 aliphatic heterocycles. The van der Waals surface area contributed by atoms with Gasteiger partial charge in [0.2, 0.25) is 5.76 Å². The summed E-state index contributed by atoms with van der Waals surface area (Å²) in [4.78, 5) is 17.3. The smallest absolute Gasteiger partial charge is 0.296 e. The summed E-state index contributed by atoms with van der Waals surface area (Å²) in [6, 6.07) is 7.52. The van der Waals surface area contributed by atoms with Crippen LogP contribution in [0.1, 0.15) is 10.6 Å². The molecule has 0 aliphatic rings. The van der Waals surface area contributed by atoms with Crippen molar-refractivity contribution in [2.24, 2.45) is 0 Å². The number of thioether (sulfide) groups is 1. The minimum Gasteiger partial charge on any atom is -0.351 e. The molecule has 7 heteroatoms. The molecule has 96 valence electrons. The van der Waals surface area contributed by atoms with Crippen LogP contribution in [0.4, 0.5) is 5.13 Å². The van der Waals surface area contributed by atoms with Crippen LogP contribution in [-0.4, -0.2) is 22.3 Å². The van der Waals surface area contributed by atoms with Gasteiger partial charge < -0.3 is 4.52 Å². The summed E-state index contributed by atoms with van der Waals surface area (Å²) in [6.45, 7) is 0. The quantitative estimate of drug-likeness (QED) is 0.750. The lowest BCUT2D eigenvalue weighted by Crippen LogP contribution is -2.10. The van der Waals surface area contributed by atoms with E-state index in [-0.39, 0.29) is 11.7 Å². The van der Waals surface area contributed by atoms with Crippen LogP contribution in [0.3, 0.4) is 0 Å². The molecular weight excluding hydrogens is 282 g/mol. The first kappa shape index (κ1) is 12.2. The van der Waals surface area contributed by atoms with Crippen LogP contribution >= 0.6 is 23.1 Å². The summed E-state index contributed by atoms with van der Waals surface area (Å²) < 4.78 is 5.83. The lowest BCUT2D eigenvalue weighted by molar-refractivity contribution is 0.0988. The maximum Gasteiger partial charge on any atom is 0.296 e. The number of hydrogen-bond donors (Lipinski definition) is 1. The van der Waals surface area contributed by atoms with Crippen LogP contribution in [0.15, 0.2) is 39.9 Å². The number of rotatable bonds is 3. The molecule has 0 fully saturated rings. The highest BCUT2D eigenvalue weighted by molar-refractivity contribution is 7.98. The maximum atomic E-state index is 11.8. The first-order valence-electron chi connectivity index (χ1n) is 5.43. The van der Waals surface area contributed by atoms with E-state index in [1.165, 1.54) is 28.5 Å². The Balaban J connectivity index is 1.87. The molecule has 0 saturated carbocycles. The minimum atomic E-state index is -0.346. The Morgan fingerprint density at radius 2 is 2.32 bits per heavy atom. The van der Waals surface area contributed by atoms with Crippen LogP contribution < -0.4 is 5.32 Å². The van der Waals surface area contributed by atoms with Gasteiger partial charge in [0.05, 0.1) is 16.4 Å². The molecule has 0 spiro atoms. The number of benzene rings is 1. The van der Waals surface area contributed by atoms with E-state index >= 15 is 0 Å². The van der Waals surface area contributed by atoms with Crippen LogP contribution in [0.2, 0.25) is 0 Å². The zero-order chi connectivity index (χ0) is 13.2. The first-order valence-corrected chi connectivity index (χ1v) is 7.47. The second kappa shape index (κ2) is 5.02. The molecule has 3 aromatic rings. The summed E-state index contributed by atoms with van der Waals surface area (Å²) in [5, 5.41) is 6.74. The maximum absolute atomic E-state index is 11.8. The largest absolute Gasteiger partial charge is 0.351 e. The van der Waals surface area contributed by atoms with Crippen LogP contribution in [-0.2, 0) is 0 Å². The SMILES string of the molecule is CSc1ccc2nc(NC(=O)c3ccno3)sc2c1. The lowest BCUT2D eigenvalue weighted by atomic mass is 10.3. The summed E-state index contributed by atoms with van der Waals surface area (Å²) in [6.07, 6.45) is 3.45. The molecule has 1 aromatic carbocycles. The Hall–Kier alpha value is -1.86. The fourth-order valence-electron chi connectivity index (χ4n) is 1.58. The topological polar surface area (TPSA) is 68.0 Å². The second-order valence-corrected chi connectivity index (χ2v) is 5.59. The van der Waals surface area contributed by atoms with Gasteiger partial charge in [-0.2, -0.15) is 0 Å². The number of nitrogens with one attached hydrogen (secondary N) is 1. The molecule has 2 aromatic heterocycles. The number of thiazole rings is 1. The Labute approximate surface area is 117 Å². The lowest BCUT2D eigenvalue weighted by Gasteiger charge is -1.95. The van der Waals surface area contributed by atoms with Crippen molar-refractivity contribution in [2.45, 2.75) is 4.90 Å². The van der Waals surface area contributed by atoms with E-state index in [9.17, 15) is 4.79 Å². The number of hydrogen-bond acceptors (Lipinski definition) is 6. The predicted octanol–water partition coefficient (Wildman–Crippen LogP) is 3.26. The van der Waals surface area contributed by atoms with E-state index in [0.717, 1.165) is 10.2 Å². The van der Waals surface area contributed by atoms with E-state index < -0.39 is 0 Å². The van der Waals surface area contributed by atoms with E-state index in [0.29, 0.717) is 5.13 Å². The molecule has 1 amide bonds. The first-order chi connectivity index (χ1) is 9.26. The molecule has 3 rings (SSSR count). The Morgan fingerprint density at radius 1 is 1.42 bits per heavy atom. The Bertz CT molecular complexity index is 722. The highest BCUT2D eigenvalue weighted by Gasteiger charge is 2.12. The van der Waals surface area contributed by atoms with Crippen molar-refractivity contribution in [2.75, 3.05) is 11.6 Å². The molecule has 0 saturated heterocycles. The van der Waals surface area contributed by atoms with Gasteiger partial charge >= 0.3 is 0 Å². The van der Waals surface area contributed by atoms with Gasteiger partial charge in [0.1, 0.15) is 0 Å². The van der Waals surface area contributed by atoms with Crippen LogP contribution in [0.25, 0.3) is 10.2 Å². The molecule has 19 heavy (non-hydrogen) atoms. The zero-order valence-electron chi connectivity index (χ0n) is 9.91. The molecule has 0 atom stereocenters. The van der Waals surface area contributed by atoms with Gasteiger partial charge in [0.15, 0.2) is 5.13 Å². The van der Waals surface area contributed by atoms with Gasteiger partial charge in [-0.15, -0.1) is 11.8 Å². The summed E-state index contributed by atoms with van der Waals surface area (Å²) in [7, 11) is 0. The summed E-state index contributed by atoms with van der Waals surface area (Å²) in [5.74, 6) is -0.175. The molecule has 0 aliphatic carbocycles. The van der Waals surface area contributed by atoms with Gasteiger partial charge in [-0.3, -0.25) is 10.1 Å². The number of carbonyl (C=O) groups is 1. The van der Waals surface area contributed by atoms with Crippen molar-refractivity contribution in [3.63, 3.8) is 0 Å². The predicted molar refractivity (Wildman–Crippen MR) is 75.9 cm³/mol. The molecule has 0 radical (unpaired) electrons. The van der Waals surface area contributed by atoms with E-state index in [4.69, 9.17) is 4.52 Å². The Morgan fingerprint density at radius 3 is 3.05 bits per heavy atom. The number of fused-ring (bicyclic) bond motifs is 1. The van der Waals surface area contributed by atoms with Gasteiger partial charge in [-0.05, 0) is 24.5 Å². The molecular formula is C12H9N3O2S2. The average molecular weight is 291 g/mol. The number of amides is 1. The number of carbonyl (C=O) groups excluding carboxylic acids is 1. The number of nitrogens with zero attached hydrogens (tertiary/aromatic N) is 2. The summed E-state index contributed by atoms with van der Waals surface area (Å²) in [5.41, 5.74) is 0.871. The molecule has 2 heterocycles. The zero-order valence-corrected chi connectivity index (χ0v) is 11.5. The van der Waals surface area contributed by atoms with Crippen molar-refractivity contribution >= 4 is 44.4 Å². The van der Waals surface area contributed by atoms with Gasteiger partial charge in [0.25, 0.3) is 5.91 Å². The fourth-order valence-corrected chi connectivity index (χ4v) is 2.99. The van der Waals surface area contributed by atoms with Crippen molar-refractivity contribution in [1.29, 1.82) is 0 Å². The highest BCUT2D eigenvalue weighted by atomic mass is 32.2. The van der Waals surface area contributed by atoms with Gasteiger partial charge in [-0.25, -0.2) is 4.98 Å². The van der Waals surface area contributed by atoms with E-state index in [2.05, 4.69) is 21.5 Å². The normalized spacial score (nSPS) is 10.8. The van der Waals surface area contributed by atoms with Gasteiger partial charge in [0, 0.05) is 11.0 Å². The van der Waals surface area contributed by atoms with E-state index in [1.54, 1.807) is 11.8 Å². The molecule has 5 nitrogen and oxygen atoms in total. The second-order valence-electron chi connectivity index (χ2n) is 3.68. The highest BCUT2D eigenvalue weighted by Crippen LogP contribution is 2.29. The minimum absolute atomic E-state index is 0.170. The number of anilines is 1. The monoisotopic (exact) mass is 291 g/mol. The Kier molecular flexibility index (Phi) is 3.22. The summed E-state index contributed by atoms with van der Waals surface area (Å²) >= 11 is 3.11. The van der Waals surface area contributed by atoms with Gasteiger partial charge in [-0.1, -0.05) is 16.5 Å². The fraction of sp³-hybridized carbons (Fsp3) is 0.0833. The third-order valence-corrected chi connectivity index (χ3v) is 4.14. The standard InChI is InChI=1S/C12H9N3O2S2/c1-18-7-2-3-8-10(6-7)19-12(14-8)15-11(16)9-4-5-13-17-9/h2-6H,1H3,(H,14,15,16). The number of aromatic nitrogens is 2. The van der Waals surface area contributed by atoms with E-state index in [1.807, 2.05) is 18.4 Å². The molecule has 0 unspecified atom stereocenters. The van der Waals surface area contributed by atoms with Crippen molar-refractivity contribution in [3.8, 4) is 0 Å². The molecule has 0 bridgehead atoms. The molecule has 1 N–H and O–H groups in total. The van der Waals surface area contributed by atoms with Crippen molar-refractivity contribution in [3.05, 3.63) is 36.2 Å². The third kappa shape index (κ3) is 2.47. The van der Waals surface area contributed by atoms with Crippen molar-refractivity contribution in [1.82, 2.24) is 10.1 Å². The third-order valence-electron chi connectivity index (χ3n) is 2.48. The van der Waals surface area contributed by atoms with Crippen LogP contribution in [0, 0.1) is 0 Å². The average Bonchev–Trinajstić information content (AvgIpc) is 3.06. The van der Waals surface area contributed by atoms with Crippen LogP contribution in [0.5, 0.6) is 0 Å².